The molecule has 0 spiro atoms. The number of amides is 2. The number of fused-ring (bicyclic) bond motifs is 1. The third-order valence-electron chi connectivity index (χ3n) is 5.94. The van der Waals surface area contributed by atoms with Gasteiger partial charge >= 0.3 is 5.97 Å². The van der Waals surface area contributed by atoms with Crippen molar-refractivity contribution in [2.75, 3.05) is 24.3 Å². The molecule has 2 aliphatic rings. The van der Waals surface area contributed by atoms with Gasteiger partial charge in [-0.05, 0) is 5.57 Å². The van der Waals surface area contributed by atoms with Gasteiger partial charge in [0.1, 0.15) is 29.9 Å². The molecular formula is C23H22N8O5S3. The van der Waals surface area contributed by atoms with Crippen LogP contribution in [-0.4, -0.2) is 83.3 Å². The molecule has 202 valence electrons. The number of hydrogen-bond acceptors (Lipinski definition) is 12. The van der Waals surface area contributed by atoms with Crippen molar-refractivity contribution < 1.29 is 24.3 Å². The summed E-state index contributed by atoms with van der Waals surface area (Å²) in [6, 6.07) is 8.67. The lowest BCUT2D eigenvalue weighted by molar-refractivity contribution is -0.150. The Hall–Kier alpha value is -3.89. The van der Waals surface area contributed by atoms with Crippen molar-refractivity contribution in [3.05, 3.63) is 52.7 Å². The lowest BCUT2D eigenvalue weighted by Crippen LogP contribution is -2.71. The predicted molar refractivity (Wildman–Crippen MR) is 147 cm³/mol. The molecule has 4 heterocycles. The summed E-state index contributed by atoms with van der Waals surface area (Å²) in [4.78, 5) is 48.2. The Morgan fingerprint density at radius 2 is 2.08 bits per heavy atom. The van der Waals surface area contributed by atoms with Gasteiger partial charge in [0.15, 0.2) is 21.8 Å². The number of thiazole rings is 1. The zero-order valence-electron chi connectivity index (χ0n) is 20.6. The van der Waals surface area contributed by atoms with Gasteiger partial charge < -0.3 is 25.6 Å². The van der Waals surface area contributed by atoms with E-state index in [-0.39, 0.29) is 22.2 Å². The minimum absolute atomic E-state index is 0.0785. The molecule has 5 rings (SSSR count). The second kappa shape index (κ2) is 11.1. The number of β-lactam (4-membered cyclic amide) rings is 1. The van der Waals surface area contributed by atoms with E-state index in [1.807, 2.05) is 41.9 Å². The van der Waals surface area contributed by atoms with E-state index in [9.17, 15) is 19.5 Å². The Morgan fingerprint density at radius 3 is 2.74 bits per heavy atom. The number of oxime groups is 1. The first-order valence-corrected chi connectivity index (χ1v) is 14.3. The molecule has 1 fully saturated rings. The summed E-state index contributed by atoms with van der Waals surface area (Å²) in [6.45, 7) is 0. The summed E-state index contributed by atoms with van der Waals surface area (Å²) in [5, 5.41) is 26.7. The number of rotatable bonds is 9. The number of hydrogen-bond donors (Lipinski definition) is 3. The average molecular weight is 587 g/mol. The highest BCUT2D eigenvalue weighted by Gasteiger charge is 2.54. The SMILES string of the molecule is CO/N=C(\C(=O)N[C@@H]1C(=O)N2C(C(=O)O)=C(CSc3nnc(-c4ccccc4)n3C)CS[C@H]12)c1csc(N)n1. The molecule has 1 aromatic carbocycles. The van der Waals surface area contributed by atoms with Crippen LogP contribution in [0.5, 0.6) is 0 Å². The number of carbonyl (C=O) groups excluding carboxylic acids is 2. The molecule has 2 aliphatic heterocycles. The van der Waals surface area contributed by atoms with Crippen LogP contribution in [0.4, 0.5) is 5.13 Å². The van der Waals surface area contributed by atoms with E-state index in [4.69, 9.17) is 10.6 Å². The molecule has 0 saturated carbocycles. The van der Waals surface area contributed by atoms with Crippen molar-refractivity contribution in [2.45, 2.75) is 16.6 Å². The van der Waals surface area contributed by atoms with Gasteiger partial charge in [-0.25, -0.2) is 9.78 Å². The fourth-order valence-electron chi connectivity index (χ4n) is 4.13. The monoisotopic (exact) mass is 586 g/mol. The highest BCUT2D eigenvalue weighted by molar-refractivity contribution is 8.01. The first kappa shape index (κ1) is 26.7. The maximum atomic E-state index is 13.1. The Bertz CT molecular complexity index is 1500. The third-order valence-corrected chi connectivity index (χ3v) is 9.06. The van der Waals surface area contributed by atoms with Gasteiger partial charge in [-0.1, -0.05) is 47.2 Å². The number of aromatic nitrogens is 4. The number of aliphatic carboxylic acids is 1. The summed E-state index contributed by atoms with van der Waals surface area (Å²) in [5.41, 5.74) is 7.15. The van der Waals surface area contributed by atoms with Gasteiger partial charge in [-0.15, -0.1) is 33.3 Å². The minimum atomic E-state index is -1.21. The molecule has 2 atom stereocenters. The van der Waals surface area contributed by atoms with Gasteiger partial charge in [0, 0.05) is 29.5 Å². The molecule has 3 aromatic rings. The van der Waals surface area contributed by atoms with E-state index in [1.165, 1.54) is 35.5 Å². The van der Waals surface area contributed by atoms with E-state index in [1.54, 1.807) is 5.38 Å². The quantitative estimate of drug-likeness (QED) is 0.143. The Morgan fingerprint density at radius 1 is 1.31 bits per heavy atom. The van der Waals surface area contributed by atoms with Crippen LogP contribution in [0.3, 0.4) is 0 Å². The van der Waals surface area contributed by atoms with Crippen LogP contribution < -0.4 is 11.1 Å². The summed E-state index contributed by atoms with van der Waals surface area (Å²) in [5.74, 6) is -1.06. The van der Waals surface area contributed by atoms with E-state index >= 15 is 0 Å². The highest BCUT2D eigenvalue weighted by atomic mass is 32.2. The van der Waals surface area contributed by atoms with E-state index < -0.39 is 29.2 Å². The van der Waals surface area contributed by atoms with Crippen LogP contribution in [0, 0.1) is 0 Å². The topological polar surface area (TPSA) is 178 Å². The van der Waals surface area contributed by atoms with Gasteiger partial charge in [-0.3, -0.25) is 14.5 Å². The van der Waals surface area contributed by atoms with Crippen LogP contribution in [0.2, 0.25) is 0 Å². The summed E-state index contributed by atoms with van der Waals surface area (Å²) >= 11 is 3.84. The second-order valence-electron chi connectivity index (χ2n) is 8.33. The standard InChI is InChI=1S/C23H22N8O5S3/c1-30-17(11-6-4-3-5-7-11)27-28-23(30)39-9-12-8-37-20-15(19(33)31(20)16(12)21(34)35)26-18(32)14(29-36-2)13-10-38-22(24)25-13/h3-7,10,15,20H,8-9H2,1-2H3,(H2,24,25)(H,26,32)(H,34,35)/b29-14-/t15-,20-/m1/s1. The number of nitrogens with zero attached hydrogens (tertiary/aromatic N) is 6. The predicted octanol–water partition coefficient (Wildman–Crippen LogP) is 1.40. The van der Waals surface area contributed by atoms with Crippen molar-refractivity contribution >= 4 is 63.5 Å². The normalized spacial score (nSPS) is 19.0. The van der Waals surface area contributed by atoms with Crippen LogP contribution in [0.15, 0.2) is 57.3 Å². The Kier molecular flexibility index (Phi) is 7.58. The Balaban J connectivity index is 1.30. The molecule has 0 unspecified atom stereocenters. The molecule has 2 aromatic heterocycles. The first-order valence-electron chi connectivity index (χ1n) is 11.4. The van der Waals surface area contributed by atoms with Crippen LogP contribution in [0.1, 0.15) is 5.69 Å². The lowest BCUT2D eigenvalue weighted by atomic mass is 10.0. The molecule has 4 N–H and O–H groups in total. The molecule has 0 radical (unpaired) electrons. The zero-order valence-corrected chi connectivity index (χ0v) is 23.0. The molecule has 1 saturated heterocycles. The second-order valence-corrected chi connectivity index (χ2v) is 11.3. The number of anilines is 1. The maximum Gasteiger partial charge on any atom is 0.352 e. The van der Waals surface area contributed by atoms with Crippen molar-refractivity contribution in [2.24, 2.45) is 12.2 Å². The van der Waals surface area contributed by atoms with E-state index in [0.717, 1.165) is 16.9 Å². The molecule has 39 heavy (non-hydrogen) atoms. The smallest absolute Gasteiger partial charge is 0.352 e. The molecular weight excluding hydrogens is 565 g/mol. The first-order chi connectivity index (χ1) is 18.8. The largest absolute Gasteiger partial charge is 0.477 e. The molecule has 13 nitrogen and oxygen atoms in total. The van der Waals surface area contributed by atoms with E-state index in [0.29, 0.717) is 28.1 Å². The van der Waals surface area contributed by atoms with Crippen molar-refractivity contribution in [1.82, 2.24) is 30.0 Å². The molecule has 2 amide bonds. The molecule has 16 heteroatoms. The lowest BCUT2D eigenvalue weighted by Gasteiger charge is -2.49. The fraction of sp³-hybridized carbons (Fsp3) is 0.261. The van der Waals surface area contributed by atoms with Crippen LogP contribution in [-0.2, 0) is 26.3 Å². The summed E-state index contributed by atoms with van der Waals surface area (Å²) in [7, 11) is 3.12. The number of carboxylic acids is 1. The van der Waals surface area contributed by atoms with Gasteiger partial charge in [0.25, 0.3) is 11.8 Å². The highest BCUT2D eigenvalue weighted by Crippen LogP contribution is 2.41. The van der Waals surface area contributed by atoms with E-state index in [2.05, 4.69) is 25.7 Å². The molecule has 0 aliphatic carbocycles. The van der Waals surface area contributed by atoms with Gasteiger partial charge in [0.2, 0.25) is 0 Å². The van der Waals surface area contributed by atoms with Crippen molar-refractivity contribution in [3.8, 4) is 11.4 Å². The number of carbonyl (C=O) groups is 3. The number of carboxylic acid groups (broad SMARTS) is 1. The number of nitrogen functional groups attached to an aromatic ring is 1. The minimum Gasteiger partial charge on any atom is -0.477 e. The number of nitrogens with one attached hydrogen (secondary N) is 1. The van der Waals surface area contributed by atoms with Crippen molar-refractivity contribution in [3.63, 3.8) is 0 Å². The zero-order chi connectivity index (χ0) is 27.7. The summed E-state index contributed by atoms with van der Waals surface area (Å²) < 4.78 is 1.84. The number of thioether (sulfide) groups is 2. The molecule has 0 bridgehead atoms. The van der Waals surface area contributed by atoms with Gasteiger partial charge in [0.05, 0.1) is 0 Å². The number of benzene rings is 1. The third kappa shape index (κ3) is 5.09. The van der Waals surface area contributed by atoms with Crippen molar-refractivity contribution in [1.29, 1.82) is 0 Å². The Labute approximate surface area is 234 Å². The average Bonchev–Trinajstić information content (AvgIpc) is 3.53. The van der Waals surface area contributed by atoms with Crippen LogP contribution in [0.25, 0.3) is 11.4 Å². The van der Waals surface area contributed by atoms with Crippen LogP contribution >= 0.6 is 34.9 Å². The number of nitrogens with two attached hydrogens (primary N) is 1. The maximum absolute atomic E-state index is 13.1. The summed E-state index contributed by atoms with van der Waals surface area (Å²) in [6.07, 6.45) is 0. The van der Waals surface area contributed by atoms with Gasteiger partial charge in [-0.2, -0.15) is 0 Å². The fourth-order valence-corrected chi connectivity index (χ4v) is 7.07.